The van der Waals surface area contributed by atoms with Crippen LogP contribution in [0.2, 0.25) is 0 Å². The summed E-state index contributed by atoms with van der Waals surface area (Å²) in [5, 5.41) is 14.4. The summed E-state index contributed by atoms with van der Waals surface area (Å²) in [5.41, 5.74) is 2.78. The summed E-state index contributed by atoms with van der Waals surface area (Å²) in [6, 6.07) is 7.77. The minimum absolute atomic E-state index is 0.587. The second-order valence-electron chi connectivity index (χ2n) is 4.21. The summed E-state index contributed by atoms with van der Waals surface area (Å²) in [5.74, 6) is 0. The standard InChI is InChI=1S/C14H18N2O2/c1-3-16-9-13(8-15-16)14(17)12-6-4-11(5-7-12)10-18-2/h4-9,14,17H,3,10H2,1-2H3. The van der Waals surface area contributed by atoms with E-state index in [0.717, 1.165) is 23.2 Å². The highest BCUT2D eigenvalue weighted by atomic mass is 16.5. The maximum atomic E-state index is 10.2. The molecular weight excluding hydrogens is 228 g/mol. The van der Waals surface area contributed by atoms with Crippen LogP contribution in [0.3, 0.4) is 0 Å². The number of aromatic nitrogens is 2. The molecule has 4 heteroatoms. The molecule has 0 spiro atoms. The Labute approximate surface area is 107 Å². The van der Waals surface area contributed by atoms with Gasteiger partial charge in [0.05, 0.1) is 12.8 Å². The van der Waals surface area contributed by atoms with E-state index >= 15 is 0 Å². The number of aryl methyl sites for hydroxylation is 1. The van der Waals surface area contributed by atoms with E-state index in [1.165, 1.54) is 0 Å². The predicted molar refractivity (Wildman–Crippen MR) is 69.1 cm³/mol. The molecule has 2 rings (SSSR count). The van der Waals surface area contributed by atoms with Crippen LogP contribution in [0, 0.1) is 0 Å². The number of hydrogen-bond acceptors (Lipinski definition) is 3. The molecule has 0 aliphatic heterocycles. The zero-order valence-electron chi connectivity index (χ0n) is 10.7. The van der Waals surface area contributed by atoms with Crippen molar-refractivity contribution in [2.24, 2.45) is 0 Å². The molecule has 0 radical (unpaired) electrons. The van der Waals surface area contributed by atoms with Crippen LogP contribution in [0.15, 0.2) is 36.7 Å². The first-order chi connectivity index (χ1) is 8.74. The molecule has 18 heavy (non-hydrogen) atoms. The van der Waals surface area contributed by atoms with Crippen LogP contribution in [-0.4, -0.2) is 22.0 Å². The Kier molecular flexibility index (Phi) is 4.12. The Morgan fingerprint density at radius 2 is 2.00 bits per heavy atom. The molecule has 4 nitrogen and oxygen atoms in total. The number of benzene rings is 1. The first kappa shape index (κ1) is 12.8. The smallest absolute Gasteiger partial charge is 0.107 e. The largest absolute Gasteiger partial charge is 0.384 e. The summed E-state index contributed by atoms with van der Waals surface area (Å²) >= 11 is 0. The van der Waals surface area contributed by atoms with Gasteiger partial charge in [-0.25, -0.2) is 0 Å². The zero-order valence-corrected chi connectivity index (χ0v) is 10.7. The third-order valence-electron chi connectivity index (χ3n) is 2.90. The molecule has 0 saturated carbocycles. The van der Waals surface area contributed by atoms with Crippen LogP contribution >= 0.6 is 0 Å². The third kappa shape index (κ3) is 2.78. The molecule has 0 amide bonds. The molecule has 0 aliphatic rings. The number of aliphatic hydroxyl groups excluding tert-OH is 1. The quantitative estimate of drug-likeness (QED) is 0.879. The highest BCUT2D eigenvalue weighted by Crippen LogP contribution is 2.21. The van der Waals surface area contributed by atoms with Gasteiger partial charge in [0.1, 0.15) is 6.10 Å². The van der Waals surface area contributed by atoms with Gasteiger partial charge in [-0.2, -0.15) is 5.10 Å². The number of hydrogen-bond donors (Lipinski definition) is 1. The fourth-order valence-corrected chi connectivity index (χ4v) is 1.85. The van der Waals surface area contributed by atoms with Crippen molar-refractivity contribution in [2.45, 2.75) is 26.2 Å². The molecule has 1 atom stereocenters. The van der Waals surface area contributed by atoms with Crippen LogP contribution < -0.4 is 0 Å². The maximum Gasteiger partial charge on any atom is 0.107 e. The van der Waals surface area contributed by atoms with E-state index in [1.807, 2.05) is 37.4 Å². The fraction of sp³-hybridized carbons (Fsp3) is 0.357. The number of rotatable bonds is 5. The van der Waals surface area contributed by atoms with Gasteiger partial charge in [-0.1, -0.05) is 24.3 Å². The lowest BCUT2D eigenvalue weighted by Crippen LogP contribution is -1.99. The average Bonchev–Trinajstić information content (AvgIpc) is 2.88. The van der Waals surface area contributed by atoms with Gasteiger partial charge in [0.2, 0.25) is 0 Å². The predicted octanol–water partition coefficient (Wildman–Crippen LogP) is 2.13. The maximum absolute atomic E-state index is 10.2. The molecule has 1 heterocycles. The van der Waals surface area contributed by atoms with E-state index in [2.05, 4.69) is 5.10 Å². The van der Waals surface area contributed by atoms with E-state index in [1.54, 1.807) is 18.0 Å². The van der Waals surface area contributed by atoms with Gasteiger partial charge in [0, 0.05) is 25.4 Å². The highest BCUT2D eigenvalue weighted by molar-refractivity contribution is 5.29. The van der Waals surface area contributed by atoms with Crippen molar-refractivity contribution in [3.05, 3.63) is 53.3 Å². The number of ether oxygens (including phenoxy) is 1. The SMILES string of the molecule is CCn1cc(C(O)c2ccc(COC)cc2)cn1. The average molecular weight is 246 g/mol. The minimum atomic E-state index is -0.623. The lowest BCUT2D eigenvalue weighted by Gasteiger charge is -2.09. The topological polar surface area (TPSA) is 47.3 Å². The molecule has 0 bridgehead atoms. The minimum Gasteiger partial charge on any atom is -0.384 e. The van der Waals surface area contributed by atoms with Crippen molar-refractivity contribution in [1.82, 2.24) is 9.78 Å². The van der Waals surface area contributed by atoms with Crippen molar-refractivity contribution < 1.29 is 9.84 Å². The summed E-state index contributed by atoms with van der Waals surface area (Å²) in [6.07, 6.45) is 2.95. The summed E-state index contributed by atoms with van der Waals surface area (Å²) in [4.78, 5) is 0. The van der Waals surface area contributed by atoms with Gasteiger partial charge in [-0.05, 0) is 18.1 Å². The van der Waals surface area contributed by atoms with Crippen molar-refractivity contribution in [1.29, 1.82) is 0 Å². The summed E-state index contributed by atoms with van der Waals surface area (Å²) in [6.45, 7) is 3.41. The Balaban J connectivity index is 2.14. The highest BCUT2D eigenvalue weighted by Gasteiger charge is 2.12. The fourth-order valence-electron chi connectivity index (χ4n) is 1.85. The van der Waals surface area contributed by atoms with E-state index < -0.39 is 6.10 Å². The molecule has 0 saturated heterocycles. The summed E-state index contributed by atoms with van der Waals surface area (Å²) < 4.78 is 6.86. The molecule has 1 aromatic carbocycles. The van der Waals surface area contributed by atoms with Crippen LogP contribution in [0.5, 0.6) is 0 Å². The molecule has 1 N–H and O–H groups in total. The monoisotopic (exact) mass is 246 g/mol. The van der Waals surface area contributed by atoms with E-state index in [9.17, 15) is 5.11 Å². The third-order valence-corrected chi connectivity index (χ3v) is 2.90. The Bertz CT molecular complexity index is 491. The van der Waals surface area contributed by atoms with Gasteiger partial charge in [0.25, 0.3) is 0 Å². The first-order valence-corrected chi connectivity index (χ1v) is 6.02. The van der Waals surface area contributed by atoms with Crippen molar-refractivity contribution in [3.8, 4) is 0 Å². The molecular formula is C14H18N2O2. The van der Waals surface area contributed by atoms with Gasteiger partial charge in [0.15, 0.2) is 0 Å². The van der Waals surface area contributed by atoms with Crippen LogP contribution in [0.25, 0.3) is 0 Å². The molecule has 0 aliphatic carbocycles. The molecule has 1 unspecified atom stereocenters. The summed E-state index contributed by atoms with van der Waals surface area (Å²) in [7, 11) is 1.67. The van der Waals surface area contributed by atoms with Crippen LogP contribution in [0.4, 0.5) is 0 Å². The normalized spacial score (nSPS) is 12.6. The van der Waals surface area contributed by atoms with Crippen molar-refractivity contribution in [3.63, 3.8) is 0 Å². The number of aliphatic hydroxyl groups is 1. The zero-order chi connectivity index (χ0) is 13.0. The Morgan fingerprint density at radius 3 is 2.56 bits per heavy atom. The molecule has 0 fully saturated rings. The van der Waals surface area contributed by atoms with Gasteiger partial charge in [-0.15, -0.1) is 0 Å². The Morgan fingerprint density at radius 1 is 1.28 bits per heavy atom. The van der Waals surface area contributed by atoms with Crippen LogP contribution in [0.1, 0.15) is 29.7 Å². The second kappa shape index (κ2) is 5.80. The lowest BCUT2D eigenvalue weighted by molar-refractivity contribution is 0.184. The number of methoxy groups -OCH3 is 1. The van der Waals surface area contributed by atoms with Gasteiger partial charge in [-0.3, -0.25) is 4.68 Å². The molecule has 96 valence electrons. The van der Waals surface area contributed by atoms with Crippen LogP contribution in [-0.2, 0) is 17.9 Å². The molecule has 2 aromatic rings. The van der Waals surface area contributed by atoms with E-state index in [4.69, 9.17) is 4.74 Å². The first-order valence-electron chi connectivity index (χ1n) is 6.02. The van der Waals surface area contributed by atoms with E-state index in [0.29, 0.717) is 6.61 Å². The lowest BCUT2D eigenvalue weighted by atomic mass is 10.0. The van der Waals surface area contributed by atoms with Crippen molar-refractivity contribution >= 4 is 0 Å². The Hall–Kier alpha value is -1.65. The number of nitrogens with zero attached hydrogens (tertiary/aromatic N) is 2. The van der Waals surface area contributed by atoms with Crippen molar-refractivity contribution in [2.75, 3.05) is 7.11 Å². The molecule has 1 aromatic heterocycles. The van der Waals surface area contributed by atoms with E-state index in [-0.39, 0.29) is 0 Å². The van der Waals surface area contributed by atoms with Gasteiger partial charge < -0.3 is 9.84 Å². The second-order valence-corrected chi connectivity index (χ2v) is 4.21. The van der Waals surface area contributed by atoms with Gasteiger partial charge >= 0.3 is 0 Å².